The Morgan fingerprint density at radius 3 is 2.36 bits per heavy atom. The van der Waals surface area contributed by atoms with E-state index in [-0.39, 0.29) is 16.5 Å². The number of unbranched alkanes of at least 4 members (excludes halogenated alkanes) is 2. The number of sulfonamides is 1. The number of aryl methyl sites for hydroxylation is 1. The number of amides is 2. The Bertz CT molecular complexity index is 1560. The lowest BCUT2D eigenvalue weighted by Gasteiger charge is -2.33. The summed E-state index contributed by atoms with van der Waals surface area (Å²) in [5.74, 6) is -1.00. The van der Waals surface area contributed by atoms with Crippen molar-refractivity contribution in [3.63, 3.8) is 0 Å². The molecule has 0 atom stereocenters. The minimum absolute atomic E-state index is 0.0206. The van der Waals surface area contributed by atoms with Gasteiger partial charge in [-0.15, -0.1) is 11.3 Å². The lowest BCUT2D eigenvalue weighted by atomic mass is 10.1. The van der Waals surface area contributed by atoms with Gasteiger partial charge in [-0.05, 0) is 61.9 Å². The van der Waals surface area contributed by atoms with Crippen LogP contribution in [0.25, 0.3) is 11.3 Å². The summed E-state index contributed by atoms with van der Waals surface area (Å²) in [5, 5.41) is 2.34. The van der Waals surface area contributed by atoms with Gasteiger partial charge < -0.3 is 4.90 Å². The quantitative estimate of drug-likeness (QED) is 0.177. The molecule has 0 unspecified atom stereocenters. The molecule has 0 saturated carbocycles. The maximum Gasteiger partial charge on any atom is 0.271 e. The van der Waals surface area contributed by atoms with Crippen LogP contribution in [0.15, 0.2) is 84.1 Å². The summed E-state index contributed by atoms with van der Waals surface area (Å²) >= 11 is 1.32. The van der Waals surface area contributed by atoms with Crippen LogP contribution in [0.2, 0.25) is 0 Å². The molecule has 4 rings (SSSR count). The van der Waals surface area contributed by atoms with Crippen molar-refractivity contribution in [1.82, 2.24) is 14.8 Å². The summed E-state index contributed by atoms with van der Waals surface area (Å²) in [5.41, 5.74) is 2.39. The second-order valence-corrected chi connectivity index (χ2v) is 13.4. The number of hydrogen-bond acceptors (Lipinski definition) is 8. The van der Waals surface area contributed by atoms with Gasteiger partial charge in [0.05, 0.1) is 16.3 Å². The summed E-state index contributed by atoms with van der Waals surface area (Å²) in [6.45, 7) is 14.4. The first-order valence-corrected chi connectivity index (χ1v) is 17.2. The van der Waals surface area contributed by atoms with Crippen molar-refractivity contribution in [1.29, 1.82) is 0 Å². The monoisotopic (exact) mass is 635 g/mol. The largest absolute Gasteiger partial charge is 0.304 e. The van der Waals surface area contributed by atoms with Gasteiger partial charge in [-0.25, -0.2) is 13.4 Å². The molecular formula is C33H41N5O4S2. The average Bonchev–Trinajstić information content (AvgIpc) is 3.52. The highest BCUT2D eigenvalue weighted by Gasteiger charge is 2.30. The van der Waals surface area contributed by atoms with Crippen LogP contribution in [0.1, 0.15) is 31.7 Å². The van der Waals surface area contributed by atoms with Crippen molar-refractivity contribution in [2.45, 2.75) is 37.5 Å². The normalized spacial score (nSPS) is 14.2. The third-order valence-electron chi connectivity index (χ3n) is 7.68. The lowest BCUT2D eigenvalue weighted by Crippen LogP contribution is -2.47. The predicted octanol–water partition coefficient (Wildman–Crippen LogP) is 5.22. The minimum atomic E-state index is -4.23. The zero-order valence-electron chi connectivity index (χ0n) is 25.5. The summed E-state index contributed by atoms with van der Waals surface area (Å²) < 4.78 is 28.3. The molecule has 2 heterocycles. The Labute approximate surface area is 265 Å². The maximum atomic E-state index is 13.8. The van der Waals surface area contributed by atoms with Crippen LogP contribution in [0, 0.1) is 0 Å². The van der Waals surface area contributed by atoms with E-state index in [9.17, 15) is 18.0 Å². The number of thiazole rings is 1. The Hall–Kier alpha value is -3.64. The highest BCUT2D eigenvalue weighted by atomic mass is 32.2. The minimum Gasteiger partial charge on any atom is -0.304 e. The van der Waals surface area contributed by atoms with E-state index in [1.807, 2.05) is 5.38 Å². The first-order chi connectivity index (χ1) is 21.2. The number of benzene rings is 2. The smallest absolute Gasteiger partial charge is 0.271 e. The number of rotatable bonds is 14. The molecular weight excluding hydrogens is 595 g/mol. The Balaban J connectivity index is 1.58. The van der Waals surface area contributed by atoms with Gasteiger partial charge in [0.15, 0.2) is 5.13 Å². The molecule has 0 radical (unpaired) electrons. The zero-order valence-corrected chi connectivity index (χ0v) is 27.2. The molecule has 234 valence electrons. The van der Waals surface area contributed by atoms with Crippen LogP contribution in [0.5, 0.6) is 0 Å². The Morgan fingerprint density at radius 2 is 1.70 bits per heavy atom. The summed E-state index contributed by atoms with van der Waals surface area (Å²) in [6.07, 6.45) is 6.39. The van der Waals surface area contributed by atoms with Crippen LogP contribution < -0.4 is 9.21 Å². The molecule has 0 bridgehead atoms. The second kappa shape index (κ2) is 15.4. The molecule has 1 aliphatic heterocycles. The Kier molecular flexibility index (Phi) is 11.6. The molecule has 0 N–H and O–H groups in total. The van der Waals surface area contributed by atoms with E-state index < -0.39 is 15.9 Å². The number of likely N-dealkylation sites (N-methyl/N-ethyl adjacent to an activating group) is 1. The van der Waals surface area contributed by atoms with Crippen LogP contribution in [0.3, 0.4) is 0 Å². The number of aromatic nitrogens is 1. The maximum absolute atomic E-state index is 13.8. The molecule has 1 aliphatic rings. The zero-order chi connectivity index (χ0) is 31.7. The van der Waals surface area contributed by atoms with Crippen molar-refractivity contribution < 1.29 is 18.0 Å². The van der Waals surface area contributed by atoms with Gasteiger partial charge >= 0.3 is 0 Å². The molecule has 1 aromatic heterocycles. The highest BCUT2D eigenvalue weighted by molar-refractivity contribution is 7.93. The van der Waals surface area contributed by atoms with E-state index in [4.69, 9.17) is 4.98 Å². The van der Waals surface area contributed by atoms with Gasteiger partial charge in [-0.3, -0.25) is 19.4 Å². The van der Waals surface area contributed by atoms with Gasteiger partial charge in [0.1, 0.15) is 0 Å². The number of piperazine rings is 1. The number of hydrogen-bond donors (Lipinski definition) is 0. The number of nitrogens with zero attached hydrogens (tertiary/aromatic N) is 5. The van der Waals surface area contributed by atoms with E-state index in [2.05, 4.69) is 36.9 Å². The third kappa shape index (κ3) is 8.09. The molecule has 1 fully saturated rings. The highest BCUT2D eigenvalue weighted by Crippen LogP contribution is 2.32. The molecule has 44 heavy (non-hydrogen) atoms. The van der Waals surface area contributed by atoms with E-state index in [1.54, 1.807) is 53.4 Å². The van der Waals surface area contributed by atoms with Crippen molar-refractivity contribution in [3.05, 3.63) is 84.8 Å². The van der Waals surface area contributed by atoms with Gasteiger partial charge in [-0.1, -0.05) is 57.2 Å². The van der Waals surface area contributed by atoms with Crippen molar-refractivity contribution in [3.8, 4) is 11.3 Å². The summed E-state index contributed by atoms with van der Waals surface area (Å²) in [7, 11) is -2.13. The molecule has 2 aromatic carbocycles. The van der Waals surface area contributed by atoms with Gasteiger partial charge in [-0.2, -0.15) is 4.31 Å². The van der Waals surface area contributed by atoms with Gasteiger partial charge in [0.25, 0.3) is 21.8 Å². The third-order valence-corrected chi connectivity index (χ3v) is 10.3. The van der Waals surface area contributed by atoms with Gasteiger partial charge in [0, 0.05) is 50.2 Å². The predicted molar refractivity (Wildman–Crippen MR) is 179 cm³/mol. The molecule has 3 aromatic rings. The number of carbonyl (C=O) groups is 2. The fraction of sp³-hybridized carbons (Fsp3) is 0.364. The summed E-state index contributed by atoms with van der Waals surface area (Å²) in [6, 6.07) is 13.3. The molecule has 1 saturated heterocycles. The van der Waals surface area contributed by atoms with Crippen LogP contribution in [-0.4, -0.2) is 81.3 Å². The SMILES string of the molecule is C=CC(=O)N(CCN1CCN(C)CC1)c1nc(-c2cccc(N(C(=O)C=C)S(=O)(=O)c3ccc(CCCCC)cc3)c2)cs1. The van der Waals surface area contributed by atoms with E-state index >= 15 is 0 Å². The molecule has 0 aliphatic carbocycles. The standard InChI is InChI=1S/C33H41N5O4S2/c1-5-8-9-11-26-14-16-29(17-15-26)44(41,42)38(32(40)7-3)28-13-10-12-27(24-28)30-25-43-33(34-30)37(31(39)6-2)23-22-36-20-18-35(4)19-21-36/h6-7,10,12-17,24-25H,2-3,5,8-9,11,18-23H2,1,4H3. The van der Waals surface area contributed by atoms with E-state index in [0.717, 1.165) is 67.8 Å². The van der Waals surface area contributed by atoms with Crippen LogP contribution in [0.4, 0.5) is 10.8 Å². The fourth-order valence-corrected chi connectivity index (χ4v) is 7.27. The second-order valence-electron chi connectivity index (χ2n) is 10.8. The topological polar surface area (TPSA) is 94.1 Å². The van der Waals surface area contributed by atoms with Crippen LogP contribution >= 0.6 is 11.3 Å². The van der Waals surface area contributed by atoms with Crippen molar-refractivity contribution in [2.24, 2.45) is 0 Å². The molecule has 11 heteroatoms. The molecule has 0 spiro atoms. The lowest BCUT2D eigenvalue weighted by molar-refractivity contribution is -0.114. The first kappa shape index (κ1) is 33.3. The molecule has 9 nitrogen and oxygen atoms in total. The number of carbonyl (C=O) groups excluding carboxylic acids is 2. The number of anilines is 2. The van der Waals surface area contributed by atoms with E-state index in [1.165, 1.54) is 17.4 Å². The van der Waals surface area contributed by atoms with E-state index in [0.29, 0.717) is 29.5 Å². The van der Waals surface area contributed by atoms with Crippen molar-refractivity contribution >= 4 is 44.0 Å². The average molecular weight is 636 g/mol. The summed E-state index contributed by atoms with van der Waals surface area (Å²) in [4.78, 5) is 36.8. The van der Waals surface area contributed by atoms with Crippen LogP contribution in [-0.2, 0) is 26.0 Å². The Morgan fingerprint density at radius 1 is 1.00 bits per heavy atom. The first-order valence-electron chi connectivity index (χ1n) is 14.9. The fourth-order valence-electron chi connectivity index (χ4n) is 5.02. The van der Waals surface area contributed by atoms with Crippen molar-refractivity contribution in [2.75, 3.05) is 55.5 Å². The molecule has 2 amide bonds. The van der Waals surface area contributed by atoms with Gasteiger partial charge in [0.2, 0.25) is 0 Å².